The Bertz CT molecular complexity index is 1400. The second kappa shape index (κ2) is 9.23. The third-order valence-electron chi connectivity index (χ3n) is 7.49. The molecular weight excluding hydrogens is 475 g/mol. The largest absolute Gasteiger partial charge is 0.508 e. The summed E-state index contributed by atoms with van der Waals surface area (Å²) in [6, 6.07) is 8.63. The van der Waals surface area contributed by atoms with Gasteiger partial charge in [0, 0.05) is 42.2 Å². The molecule has 3 amide bonds. The van der Waals surface area contributed by atoms with E-state index in [0.29, 0.717) is 36.3 Å². The van der Waals surface area contributed by atoms with Crippen LogP contribution in [0.4, 0.5) is 9.18 Å². The molecule has 0 spiro atoms. The zero-order valence-electron chi connectivity index (χ0n) is 21.3. The molecule has 2 N–H and O–H groups in total. The van der Waals surface area contributed by atoms with Crippen molar-refractivity contribution in [2.75, 3.05) is 33.8 Å². The zero-order valence-corrected chi connectivity index (χ0v) is 21.3. The average molecular weight is 507 g/mol. The van der Waals surface area contributed by atoms with E-state index in [9.17, 15) is 19.1 Å². The molecule has 0 bridgehead atoms. The molecule has 1 fully saturated rings. The monoisotopic (exact) mass is 506 g/mol. The van der Waals surface area contributed by atoms with Crippen molar-refractivity contribution in [1.82, 2.24) is 19.7 Å². The highest BCUT2D eigenvalue weighted by molar-refractivity contribution is 6.08. The molecule has 8 nitrogen and oxygen atoms in total. The number of phenolic OH excluding ortho intramolecular Hbond substituents is 1. The van der Waals surface area contributed by atoms with Crippen molar-refractivity contribution in [3.63, 3.8) is 0 Å². The number of aromatic nitrogens is 1. The van der Waals surface area contributed by atoms with Gasteiger partial charge in [-0.1, -0.05) is 18.2 Å². The number of imide groups is 1. The number of urea groups is 1. The molecule has 0 unspecified atom stereocenters. The van der Waals surface area contributed by atoms with E-state index in [-0.39, 0.29) is 29.9 Å². The van der Waals surface area contributed by atoms with Crippen molar-refractivity contribution in [1.29, 1.82) is 0 Å². The van der Waals surface area contributed by atoms with E-state index in [2.05, 4.69) is 16.5 Å². The van der Waals surface area contributed by atoms with E-state index >= 15 is 0 Å². The summed E-state index contributed by atoms with van der Waals surface area (Å²) in [6.07, 6.45) is 2.71. The molecule has 0 aliphatic carbocycles. The number of phenols is 1. The number of hydrogen-bond acceptors (Lipinski definition) is 5. The minimum absolute atomic E-state index is 0.0511. The van der Waals surface area contributed by atoms with Crippen LogP contribution in [0.15, 0.2) is 49.1 Å². The summed E-state index contributed by atoms with van der Waals surface area (Å²) in [7, 11) is 3.37. The van der Waals surface area contributed by atoms with Gasteiger partial charge in [-0.25, -0.2) is 9.18 Å². The molecule has 37 heavy (non-hydrogen) atoms. The van der Waals surface area contributed by atoms with Gasteiger partial charge in [-0.2, -0.15) is 0 Å². The van der Waals surface area contributed by atoms with E-state index in [0.717, 1.165) is 17.5 Å². The van der Waals surface area contributed by atoms with Gasteiger partial charge in [0.25, 0.3) is 5.91 Å². The van der Waals surface area contributed by atoms with Crippen LogP contribution in [-0.4, -0.2) is 76.1 Å². The topological polar surface area (TPSA) is 89.1 Å². The van der Waals surface area contributed by atoms with E-state index in [4.69, 9.17) is 4.74 Å². The molecule has 1 saturated heterocycles. The van der Waals surface area contributed by atoms with Crippen molar-refractivity contribution in [3.05, 3.63) is 71.7 Å². The number of rotatable bonds is 8. The lowest BCUT2D eigenvalue weighted by atomic mass is 9.81. The number of likely N-dealkylation sites (N-methyl/N-ethyl adjacent to an activating group) is 1. The van der Waals surface area contributed by atoms with Crippen LogP contribution in [0.2, 0.25) is 0 Å². The van der Waals surface area contributed by atoms with Crippen molar-refractivity contribution < 1.29 is 23.8 Å². The number of benzene rings is 2. The molecule has 3 heterocycles. The Morgan fingerprint density at radius 3 is 2.81 bits per heavy atom. The number of methoxy groups -OCH3 is 1. The molecule has 2 atom stereocenters. The smallest absolute Gasteiger partial charge is 0.328 e. The highest BCUT2D eigenvalue weighted by Gasteiger charge is 2.60. The fourth-order valence-electron chi connectivity index (χ4n) is 5.72. The molecule has 2 aliphatic heterocycles. The lowest BCUT2D eigenvalue weighted by Crippen LogP contribution is -2.53. The number of carbonyl (C=O) groups excluding carboxylic acids is 2. The van der Waals surface area contributed by atoms with Crippen LogP contribution in [0, 0.1) is 5.82 Å². The Morgan fingerprint density at radius 1 is 1.32 bits per heavy atom. The van der Waals surface area contributed by atoms with Crippen molar-refractivity contribution in [2.45, 2.75) is 31.3 Å². The van der Waals surface area contributed by atoms with E-state index in [1.807, 2.05) is 19.2 Å². The number of nitrogens with one attached hydrogen (secondary N) is 1. The van der Waals surface area contributed by atoms with Gasteiger partial charge in [0.15, 0.2) is 11.6 Å². The second-order valence-electron chi connectivity index (χ2n) is 10.0. The fourth-order valence-corrected chi connectivity index (χ4v) is 5.72. The van der Waals surface area contributed by atoms with Crippen LogP contribution in [0.5, 0.6) is 11.5 Å². The fraction of sp³-hybridized carbons (Fsp3) is 0.357. The first-order chi connectivity index (χ1) is 17.7. The molecule has 9 heteroatoms. The standard InChI is InChI=1S/C28H31FN4O4/c1-5-10-31(3)11-7-12-32-26(35)28(2)16-20-19-14-23(37-4)21(29)15-22(19)30-24(20)25(33(28)27(32)36)17-8-6-9-18(34)13-17/h5-6,8-9,13-15,25,30,34H,1,7,10-12,16H2,2-4H3/t25-,28+/m1/s1. The van der Waals surface area contributed by atoms with Gasteiger partial charge in [0.2, 0.25) is 0 Å². The van der Waals surface area contributed by atoms with Gasteiger partial charge < -0.3 is 19.7 Å². The Balaban J connectivity index is 1.61. The van der Waals surface area contributed by atoms with Crippen LogP contribution in [0.3, 0.4) is 0 Å². The molecule has 2 aromatic carbocycles. The van der Waals surface area contributed by atoms with Gasteiger partial charge in [0.05, 0.1) is 7.11 Å². The van der Waals surface area contributed by atoms with Crippen LogP contribution in [0.25, 0.3) is 10.9 Å². The maximum absolute atomic E-state index is 14.6. The maximum atomic E-state index is 14.6. The Labute approximate surface area is 214 Å². The summed E-state index contributed by atoms with van der Waals surface area (Å²) in [5, 5.41) is 11.0. The zero-order chi connectivity index (χ0) is 26.5. The number of amides is 3. The van der Waals surface area contributed by atoms with Crippen LogP contribution in [-0.2, 0) is 11.2 Å². The minimum Gasteiger partial charge on any atom is -0.508 e. The summed E-state index contributed by atoms with van der Waals surface area (Å²) in [6.45, 7) is 7.26. The molecule has 1 aromatic heterocycles. The van der Waals surface area contributed by atoms with E-state index in [1.165, 1.54) is 18.1 Å². The summed E-state index contributed by atoms with van der Waals surface area (Å²) < 4.78 is 19.8. The highest BCUT2D eigenvalue weighted by Crippen LogP contribution is 2.49. The maximum Gasteiger partial charge on any atom is 0.328 e. The predicted octanol–water partition coefficient (Wildman–Crippen LogP) is 4.20. The quantitative estimate of drug-likeness (QED) is 0.353. The van der Waals surface area contributed by atoms with Crippen LogP contribution >= 0.6 is 0 Å². The third-order valence-corrected chi connectivity index (χ3v) is 7.49. The molecular formula is C28H31FN4O4. The highest BCUT2D eigenvalue weighted by atomic mass is 19.1. The number of H-pyrrole nitrogens is 1. The first kappa shape index (κ1) is 24.8. The summed E-state index contributed by atoms with van der Waals surface area (Å²) in [4.78, 5) is 36.0. The summed E-state index contributed by atoms with van der Waals surface area (Å²) >= 11 is 0. The normalized spacial score (nSPS) is 21.1. The number of nitrogens with zero attached hydrogens (tertiary/aromatic N) is 3. The number of ether oxygens (including phenoxy) is 1. The number of aromatic hydroxyl groups is 1. The summed E-state index contributed by atoms with van der Waals surface area (Å²) in [5.74, 6) is -0.609. The molecule has 3 aromatic rings. The van der Waals surface area contributed by atoms with Crippen molar-refractivity contribution in [3.8, 4) is 11.5 Å². The van der Waals surface area contributed by atoms with Gasteiger partial charge in [-0.15, -0.1) is 6.58 Å². The minimum atomic E-state index is -1.15. The van der Waals surface area contributed by atoms with Crippen molar-refractivity contribution in [2.24, 2.45) is 0 Å². The molecule has 5 rings (SSSR count). The SMILES string of the molecule is C=CCN(C)CCCN1C(=O)N2[C@H](c3cccc(O)c3)c3[nH]c4cc(F)c(OC)cc4c3C[C@@]2(C)C1=O. The Morgan fingerprint density at radius 2 is 2.11 bits per heavy atom. The number of carbonyl (C=O) groups is 2. The lowest BCUT2D eigenvalue weighted by molar-refractivity contribution is -0.133. The van der Waals surface area contributed by atoms with Crippen LogP contribution < -0.4 is 4.74 Å². The van der Waals surface area contributed by atoms with Gasteiger partial charge in [0.1, 0.15) is 17.3 Å². The third kappa shape index (κ3) is 3.94. The molecule has 194 valence electrons. The number of fused-ring (bicyclic) bond motifs is 4. The van der Waals surface area contributed by atoms with Gasteiger partial charge >= 0.3 is 6.03 Å². The predicted molar refractivity (Wildman–Crippen MR) is 138 cm³/mol. The lowest BCUT2D eigenvalue weighted by Gasteiger charge is -2.42. The first-order valence-corrected chi connectivity index (χ1v) is 12.3. The number of aromatic amines is 1. The van der Waals surface area contributed by atoms with Gasteiger partial charge in [-0.3, -0.25) is 14.6 Å². The average Bonchev–Trinajstić information content (AvgIpc) is 3.29. The van der Waals surface area contributed by atoms with Crippen molar-refractivity contribution >= 4 is 22.8 Å². The number of hydrogen-bond donors (Lipinski definition) is 2. The molecule has 2 aliphatic rings. The summed E-state index contributed by atoms with van der Waals surface area (Å²) in [5.41, 5.74) is 1.58. The van der Waals surface area contributed by atoms with E-state index < -0.39 is 17.4 Å². The Kier molecular flexibility index (Phi) is 6.19. The Hall–Kier alpha value is -3.85. The van der Waals surface area contributed by atoms with E-state index in [1.54, 1.807) is 36.1 Å². The first-order valence-electron chi connectivity index (χ1n) is 12.3. The molecule has 0 radical (unpaired) electrons. The number of halogens is 1. The van der Waals surface area contributed by atoms with Gasteiger partial charge in [-0.05, 0) is 56.3 Å². The second-order valence-corrected chi connectivity index (χ2v) is 10.0. The van der Waals surface area contributed by atoms with Crippen LogP contribution in [0.1, 0.15) is 36.2 Å². The molecule has 0 saturated carbocycles.